The van der Waals surface area contributed by atoms with Crippen molar-refractivity contribution in [1.29, 1.82) is 0 Å². The fourth-order valence-corrected chi connectivity index (χ4v) is 2.82. The van der Waals surface area contributed by atoms with Gasteiger partial charge in [0.15, 0.2) is 0 Å². The van der Waals surface area contributed by atoms with E-state index in [2.05, 4.69) is 31.3 Å². The molecule has 4 heteroatoms. The van der Waals surface area contributed by atoms with Crippen LogP contribution in [0, 0.1) is 12.8 Å². The molecule has 3 N–H and O–H groups in total. The number of hydrogen-bond acceptors (Lipinski definition) is 3. The van der Waals surface area contributed by atoms with Crippen molar-refractivity contribution in [3.63, 3.8) is 0 Å². The first kappa shape index (κ1) is 15.2. The van der Waals surface area contributed by atoms with E-state index in [-0.39, 0.29) is 17.9 Å². The van der Waals surface area contributed by atoms with Gasteiger partial charge in [0.2, 0.25) is 5.91 Å². The molecule has 0 radical (unpaired) electrons. The quantitative estimate of drug-likeness (QED) is 0.833. The van der Waals surface area contributed by atoms with Gasteiger partial charge in [0, 0.05) is 22.2 Å². The van der Waals surface area contributed by atoms with E-state index in [1.54, 1.807) is 11.3 Å². The number of carbonyl (C=O) groups is 1. The second-order valence-corrected chi connectivity index (χ2v) is 6.41. The first-order valence-corrected chi connectivity index (χ1v) is 7.37. The molecule has 1 aromatic rings. The van der Waals surface area contributed by atoms with Crippen molar-refractivity contribution in [2.45, 2.75) is 52.6 Å². The van der Waals surface area contributed by atoms with E-state index in [1.807, 2.05) is 13.8 Å². The van der Waals surface area contributed by atoms with Gasteiger partial charge in [-0.25, -0.2) is 0 Å². The molecule has 0 aliphatic heterocycles. The van der Waals surface area contributed by atoms with Crippen molar-refractivity contribution in [2.75, 3.05) is 0 Å². The topological polar surface area (TPSA) is 55.1 Å². The van der Waals surface area contributed by atoms with E-state index >= 15 is 0 Å². The molecule has 1 aromatic heterocycles. The normalized spacial score (nSPS) is 16.1. The van der Waals surface area contributed by atoms with E-state index < -0.39 is 6.04 Å². The summed E-state index contributed by atoms with van der Waals surface area (Å²) in [5.41, 5.74) is 5.91. The van der Waals surface area contributed by atoms with Crippen molar-refractivity contribution < 1.29 is 4.79 Å². The maximum absolute atomic E-state index is 11.9. The fourth-order valence-electron chi connectivity index (χ4n) is 1.80. The van der Waals surface area contributed by atoms with Crippen LogP contribution in [0.2, 0.25) is 0 Å². The molecule has 0 fully saturated rings. The van der Waals surface area contributed by atoms with Gasteiger partial charge < -0.3 is 11.1 Å². The Balaban J connectivity index is 2.44. The van der Waals surface area contributed by atoms with Crippen LogP contribution in [0.4, 0.5) is 0 Å². The summed E-state index contributed by atoms with van der Waals surface area (Å²) in [5, 5.41) is 3.00. The van der Waals surface area contributed by atoms with E-state index in [0.717, 1.165) is 12.8 Å². The highest BCUT2D eigenvalue weighted by molar-refractivity contribution is 7.11. The summed E-state index contributed by atoms with van der Waals surface area (Å²) in [4.78, 5) is 14.5. The Hall–Kier alpha value is -0.870. The minimum atomic E-state index is -0.400. The standard InChI is InChI=1S/C14H24N2OS/c1-5-9(2)13(15)14(17)16-10(3)8-12-7-6-11(4)18-12/h6-7,9-10,13H,5,8,15H2,1-4H3,(H,16,17)/t9-,10?,13-/m0/s1. The first-order chi connectivity index (χ1) is 8.43. The molecular formula is C14H24N2OS. The Kier molecular flexibility index (Phi) is 5.82. The number of aryl methyl sites for hydroxylation is 1. The average Bonchev–Trinajstić information content (AvgIpc) is 2.72. The zero-order valence-electron chi connectivity index (χ0n) is 11.7. The Bertz CT molecular complexity index is 389. The summed E-state index contributed by atoms with van der Waals surface area (Å²) in [7, 11) is 0. The Morgan fingerprint density at radius 2 is 2.11 bits per heavy atom. The highest BCUT2D eigenvalue weighted by Crippen LogP contribution is 2.16. The summed E-state index contributed by atoms with van der Waals surface area (Å²) >= 11 is 1.78. The van der Waals surface area contributed by atoms with Crippen molar-refractivity contribution in [1.82, 2.24) is 5.32 Å². The van der Waals surface area contributed by atoms with Gasteiger partial charge in [0.1, 0.15) is 0 Å². The number of thiophene rings is 1. The molecule has 0 bridgehead atoms. The van der Waals surface area contributed by atoms with Crippen molar-refractivity contribution in [3.05, 3.63) is 21.9 Å². The molecule has 1 heterocycles. The maximum atomic E-state index is 11.9. The number of rotatable bonds is 6. The van der Waals surface area contributed by atoms with Crippen molar-refractivity contribution in [3.8, 4) is 0 Å². The summed E-state index contributed by atoms with van der Waals surface area (Å²) in [5.74, 6) is 0.186. The molecule has 3 nitrogen and oxygen atoms in total. The molecule has 1 rings (SSSR count). The molecule has 0 aliphatic rings. The minimum absolute atomic E-state index is 0.0369. The predicted molar refractivity (Wildman–Crippen MR) is 77.8 cm³/mol. The van der Waals surface area contributed by atoms with Crippen LogP contribution >= 0.6 is 11.3 Å². The largest absolute Gasteiger partial charge is 0.352 e. The predicted octanol–water partition coefficient (Wildman–Crippen LogP) is 2.48. The monoisotopic (exact) mass is 268 g/mol. The van der Waals surface area contributed by atoms with Crippen LogP contribution in [0.1, 0.15) is 36.9 Å². The average molecular weight is 268 g/mol. The van der Waals surface area contributed by atoms with Crippen molar-refractivity contribution >= 4 is 17.2 Å². The third-order valence-electron chi connectivity index (χ3n) is 3.25. The molecular weight excluding hydrogens is 244 g/mol. The lowest BCUT2D eigenvalue weighted by molar-refractivity contribution is -0.124. The van der Waals surface area contributed by atoms with E-state index in [4.69, 9.17) is 5.73 Å². The SMILES string of the molecule is CC[C@H](C)[C@H](N)C(=O)NC(C)Cc1ccc(C)s1. The second-order valence-electron chi connectivity index (χ2n) is 5.04. The van der Waals surface area contributed by atoms with Gasteiger partial charge in [-0.3, -0.25) is 4.79 Å². The lowest BCUT2D eigenvalue weighted by Crippen LogP contribution is -2.48. The number of carbonyl (C=O) groups excluding carboxylic acids is 1. The smallest absolute Gasteiger partial charge is 0.237 e. The van der Waals surface area contributed by atoms with Crippen LogP contribution in [0.5, 0.6) is 0 Å². The molecule has 1 amide bonds. The number of nitrogens with one attached hydrogen (secondary N) is 1. The number of amides is 1. The van der Waals surface area contributed by atoms with E-state index in [9.17, 15) is 4.79 Å². The van der Waals surface area contributed by atoms with Crippen molar-refractivity contribution in [2.24, 2.45) is 11.7 Å². The zero-order valence-corrected chi connectivity index (χ0v) is 12.5. The number of nitrogens with two attached hydrogens (primary N) is 1. The molecule has 102 valence electrons. The number of hydrogen-bond donors (Lipinski definition) is 2. The summed E-state index contributed by atoms with van der Waals surface area (Å²) in [6.45, 7) is 8.18. The van der Waals surface area contributed by atoms with Crippen LogP contribution in [0.3, 0.4) is 0 Å². The summed E-state index contributed by atoms with van der Waals surface area (Å²) < 4.78 is 0. The lowest BCUT2D eigenvalue weighted by atomic mass is 9.99. The molecule has 0 spiro atoms. The van der Waals surface area contributed by atoms with E-state index in [1.165, 1.54) is 9.75 Å². The molecule has 18 heavy (non-hydrogen) atoms. The Labute approximate surface area is 114 Å². The Morgan fingerprint density at radius 1 is 1.44 bits per heavy atom. The summed E-state index contributed by atoms with van der Waals surface area (Å²) in [6.07, 6.45) is 1.80. The molecule has 0 aromatic carbocycles. The first-order valence-electron chi connectivity index (χ1n) is 6.55. The third-order valence-corrected chi connectivity index (χ3v) is 4.27. The van der Waals surface area contributed by atoms with Gasteiger partial charge in [-0.1, -0.05) is 20.3 Å². The van der Waals surface area contributed by atoms with Crippen LogP contribution in [-0.2, 0) is 11.2 Å². The van der Waals surface area contributed by atoms with Gasteiger partial charge in [-0.2, -0.15) is 0 Å². The minimum Gasteiger partial charge on any atom is -0.352 e. The molecule has 0 saturated carbocycles. The molecule has 1 unspecified atom stereocenters. The highest BCUT2D eigenvalue weighted by Gasteiger charge is 2.20. The van der Waals surface area contributed by atoms with Gasteiger partial charge >= 0.3 is 0 Å². The third kappa shape index (κ3) is 4.42. The molecule has 3 atom stereocenters. The second kappa shape index (κ2) is 6.90. The summed E-state index contributed by atoms with van der Waals surface area (Å²) in [6, 6.07) is 3.96. The van der Waals surface area contributed by atoms with E-state index in [0.29, 0.717) is 0 Å². The van der Waals surface area contributed by atoms with Gasteiger partial charge in [-0.05, 0) is 31.9 Å². The van der Waals surface area contributed by atoms with Gasteiger partial charge in [0.05, 0.1) is 6.04 Å². The highest BCUT2D eigenvalue weighted by atomic mass is 32.1. The van der Waals surface area contributed by atoms with Gasteiger partial charge in [0.25, 0.3) is 0 Å². The van der Waals surface area contributed by atoms with Gasteiger partial charge in [-0.15, -0.1) is 11.3 Å². The zero-order chi connectivity index (χ0) is 13.7. The van der Waals surface area contributed by atoms with Crippen LogP contribution in [0.25, 0.3) is 0 Å². The van der Waals surface area contributed by atoms with Crippen LogP contribution in [-0.4, -0.2) is 18.0 Å². The maximum Gasteiger partial charge on any atom is 0.237 e. The lowest BCUT2D eigenvalue weighted by Gasteiger charge is -2.20. The Morgan fingerprint density at radius 3 is 2.61 bits per heavy atom. The van der Waals surface area contributed by atoms with Crippen LogP contribution in [0.15, 0.2) is 12.1 Å². The fraction of sp³-hybridized carbons (Fsp3) is 0.643. The molecule has 0 saturated heterocycles. The van der Waals surface area contributed by atoms with Crippen LogP contribution < -0.4 is 11.1 Å². The molecule has 0 aliphatic carbocycles.